The highest BCUT2D eigenvalue weighted by molar-refractivity contribution is 7.92. The van der Waals surface area contributed by atoms with Crippen LogP contribution in [-0.4, -0.2) is 20.4 Å². The fourth-order valence-electron chi connectivity index (χ4n) is 3.73. The molecule has 6 heteroatoms. The maximum atomic E-state index is 13.2. The molecule has 1 aliphatic heterocycles. The number of carbonyl (C=O) groups excluding carboxylic acids is 1. The van der Waals surface area contributed by atoms with Crippen LogP contribution in [0.3, 0.4) is 0 Å². The standard InChI is InChI=1S/C23H22N2O3S/c1-16-14-19(23(26)25-17(2)15-18-8-6-7-11-22(18)25)12-13-21(16)24-29(27,28)20-9-4-3-5-10-20/h3-14,17,24H,15H2,1-2H3. The van der Waals surface area contributed by atoms with Gasteiger partial charge in [0.25, 0.3) is 15.9 Å². The van der Waals surface area contributed by atoms with Crippen molar-refractivity contribution in [2.24, 2.45) is 0 Å². The summed E-state index contributed by atoms with van der Waals surface area (Å²) >= 11 is 0. The number of benzene rings is 3. The van der Waals surface area contributed by atoms with Gasteiger partial charge >= 0.3 is 0 Å². The predicted octanol–water partition coefficient (Wildman–Crippen LogP) is 4.39. The Kier molecular flexibility index (Phi) is 4.88. The Morgan fingerprint density at radius 3 is 2.41 bits per heavy atom. The molecule has 1 N–H and O–H groups in total. The molecule has 1 aliphatic rings. The largest absolute Gasteiger partial charge is 0.305 e. The van der Waals surface area contributed by atoms with Gasteiger partial charge in [-0.15, -0.1) is 0 Å². The monoisotopic (exact) mass is 406 g/mol. The smallest absolute Gasteiger partial charge is 0.261 e. The van der Waals surface area contributed by atoms with Gasteiger partial charge in [-0.2, -0.15) is 0 Å². The van der Waals surface area contributed by atoms with Gasteiger partial charge in [0.05, 0.1) is 10.6 Å². The lowest BCUT2D eigenvalue weighted by molar-refractivity contribution is 0.0981. The predicted molar refractivity (Wildman–Crippen MR) is 115 cm³/mol. The van der Waals surface area contributed by atoms with Crippen molar-refractivity contribution in [3.63, 3.8) is 0 Å². The van der Waals surface area contributed by atoms with Gasteiger partial charge in [0, 0.05) is 17.3 Å². The summed E-state index contributed by atoms with van der Waals surface area (Å²) in [7, 11) is -3.68. The third kappa shape index (κ3) is 3.63. The van der Waals surface area contributed by atoms with E-state index in [1.807, 2.05) is 36.1 Å². The molecule has 3 aromatic carbocycles. The van der Waals surface area contributed by atoms with Crippen LogP contribution in [0.25, 0.3) is 0 Å². The number of fused-ring (bicyclic) bond motifs is 1. The van der Waals surface area contributed by atoms with E-state index in [4.69, 9.17) is 0 Å². The van der Waals surface area contributed by atoms with Crippen molar-refractivity contribution >= 4 is 27.3 Å². The van der Waals surface area contributed by atoms with Crippen molar-refractivity contribution in [3.8, 4) is 0 Å². The molecule has 0 aromatic heterocycles. The molecule has 0 saturated heterocycles. The van der Waals surface area contributed by atoms with E-state index >= 15 is 0 Å². The molecule has 0 saturated carbocycles. The summed E-state index contributed by atoms with van der Waals surface area (Å²) in [5, 5.41) is 0. The third-order valence-electron chi connectivity index (χ3n) is 5.20. The fourth-order valence-corrected chi connectivity index (χ4v) is 4.88. The Balaban J connectivity index is 1.60. The fraction of sp³-hybridized carbons (Fsp3) is 0.174. The van der Waals surface area contributed by atoms with Crippen LogP contribution in [0, 0.1) is 6.92 Å². The number of hydrogen-bond acceptors (Lipinski definition) is 3. The molecule has 148 valence electrons. The highest BCUT2D eigenvalue weighted by Crippen LogP contribution is 2.33. The third-order valence-corrected chi connectivity index (χ3v) is 6.58. The van der Waals surface area contributed by atoms with E-state index in [1.54, 1.807) is 55.5 Å². The second-order valence-electron chi connectivity index (χ2n) is 7.31. The van der Waals surface area contributed by atoms with Crippen LogP contribution in [-0.2, 0) is 16.4 Å². The van der Waals surface area contributed by atoms with Gasteiger partial charge in [-0.1, -0.05) is 36.4 Å². The van der Waals surface area contributed by atoms with Crippen molar-refractivity contribution < 1.29 is 13.2 Å². The van der Waals surface area contributed by atoms with Gasteiger partial charge in [-0.05, 0) is 67.8 Å². The molecule has 0 aliphatic carbocycles. The molecule has 0 bridgehead atoms. The average molecular weight is 407 g/mol. The van der Waals surface area contributed by atoms with Crippen LogP contribution in [0.4, 0.5) is 11.4 Å². The first kappa shape index (κ1) is 19.2. The van der Waals surface area contributed by atoms with Crippen LogP contribution >= 0.6 is 0 Å². The zero-order valence-electron chi connectivity index (χ0n) is 16.3. The maximum Gasteiger partial charge on any atom is 0.261 e. The van der Waals surface area contributed by atoms with Gasteiger partial charge < -0.3 is 4.90 Å². The number of rotatable bonds is 4. The van der Waals surface area contributed by atoms with Crippen molar-refractivity contribution in [2.75, 3.05) is 9.62 Å². The van der Waals surface area contributed by atoms with Crippen LogP contribution in [0.2, 0.25) is 0 Å². The van der Waals surface area contributed by atoms with Crippen molar-refractivity contribution in [2.45, 2.75) is 31.2 Å². The molecular formula is C23H22N2O3S. The van der Waals surface area contributed by atoms with Gasteiger partial charge in [0.2, 0.25) is 0 Å². The average Bonchev–Trinajstić information content (AvgIpc) is 3.05. The van der Waals surface area contributed by atoms with Crippen molar-refractivity contribution in [3.05, 3.63) is 89.5 Å². The molecule has 1 atom stereocenters. The number of nitrogens with zero attached hydrogens (tertiary/aromatic N) is 1. The highest BCUT2D eigenvalue weighted by atomic mass is 32.2. The van der Waals surface area contributed by atoms with Crippen LogP contribution in [0.15, 0.2) is 77.7 Å². The molecule has 5 nitrogen and oxygen atoms in total. The first-order valence-electron chi connectivity index (χ1n) is 9.47. The summed E-state index contributed by atoms with van der Waals surface area (Å²) in [4.78, 5) is 15.2. The van der Waals surface area contributed by atoms with E-state index in [-0.39, 0.29) is 16.8 Å². The molecule has 0 radical (unpaired) electrons. The normalized spacial score (nSPS) is 15.8. The Bertz CT molecular complexity index is 1170. The van der Waals surface area contributed by atoms with E-state index in [0.29, 0.717) is 16.8 Å². The van der Waals surface area contributed by atoms with Gasteiger partial charge in [0.15, 0.2) is 0 Å². The molecular weight excluding hydrogens is 384 g/mol. The Labute approximate surface area is 171 Å². The van der Waals surface area contributed by atoms with Crippen LogP contribution in [0.5, 0.6) is 0 Å². The summed E-state index contributed by atoms with van der Waals surface area (Å²) in [5.41, 5.74) is 3.79. The number of sulfonamides is 1. The molecule has 29 heavy (non-hydrogen) atoms. The van der Waals surface area contributed by atoms with Crippen LogP contribution in [0.1, 0.15) is 28.4 Å². The first-order chi connectivity index (χ1) is 13.9. The topological polar surface area (TPSA) is 66.5 Å². The maximum absolute atomic E-state index is 13.2. The molecule has 3 aromatic rings. The lowest BCUT2D eigenvalue weighted by Gasteiger charge is -2.23. The molecule has 1 amide bonds. The summed E-state index contributed by atoms with van der Waals surface area (Å²) in [6.45, 7) is 3.83. The van der Waals surface area contributed by atoms with E-state index in [9.17, 15) is 13.2 Å². The zero-order valence-corrected chi connectivity index (χ0v) is 17.1. The molecule has 1 unspecified atom stereocenters. The summed E-state index contributed by atoms with van der Waals surface area (Å²) < 4.78 is 27.8. The molecule has 4 rings (SSSR count). The number of hydrogen-bond donors (Lipinski definition) is 1. The van der Waals surface area contributed by atoms with Crippen molar-refractivity contribution in [1.82, 2.24) is 0 Å². The number of carbonyl (C=O) groups is 1. The van der Waals surface area contributed by atoms with Gasteiger partial charge in [-0.25, -0.2) is 8.42 Å². The van der Waals surface area contributed by atoms with Gasteiger partial charge in [-0.3, -0.25) is 9.52 Å². The Morgan fingerprint density at radius 1 is 1.00 bits per heavy atom. The van der Waals surface area contributed by atoms with Crippen LogP contribution < -0.4 is 9.62 Å². The molecule has 1 heterocycles. The minimum absolute atomic E-state index is 0.0801. The second-order valence-corrected chi connectivity index (χ2v) is 8.99. The van der Waals surface area contributed by atoms with Crippen molar-refractivity contribution in [1.29, 1.82) is 0 Å². The second kappa shape index (κ2) is 7.37. The number of amides is 1. The van der Waals surface area contributed by atoms with E-state index in [0.717, 1.165) is 17.7 Å². The highest BCUT2D eigenvalue weighted by Gasteiger charge is 2.31. The minimum atomic E-state index is -3.68. The summed E-state index contributed by atoms with van der Waals surface area (Å²) in [6, 6.07) is 21.3. The Morgan fingerprint density at radius 2 is 1.69 bits per heavy atom. The minimum Gasteiger partial charge on any atom is -0.305 e. The first-order valence-corrected chi connectivity index (χ1v) is 10.9. The summed E-state index contributed by atoms with van der Waals surface area (Å²) in [6.07, 6.45) is 0.829. The summed E-state index contributed by atoms with van der Waals surface area (Å²) in [5.74, 6) is -0.0805. The van der Waals surface area contributed by atoms with Gasteiger partial charge in [0.1, 0.15) is 0 Å². The SMILES string of the molecule is Cc1cc(C(=O)N2c3ccccc3CC2C)ccc1NS(=O)(=O)c1ccccc1. The van der Waals surface area contributed by atoms with E-state index < -0.39 is 10.0 Å². The molecule has 0 fully saturated rings. The lowest BCUT2D eigenvalue weighted by atomic mass is 10.1. The number of aryl methyl sites for hydroxylation is 1. The zero-order chi connectivity index (χ0) is 20.6. The quantitative estimate of drug-likeness (QED) is 0.699. The molecule has 0 spiro atoms. The number of para-hydroxylation sites is 1. The number of anilines is 2. The van der Waals surface area contributed by atoms with E-state index in [2.05, 4.69) is 4.72 Å². The number of nitrogens with one attached hydrogen (secondary N) is 1. The Hall–Kier alpha value is -3.12. The lowest BCUT2D eigenvalue weighted by Crippen LogP contribution is -2.35. The van der Waals surface area contributed by atoms with E-state index in [1.165, 1.54) is 0 Å².